The van der Waals surface area contributed by atoms with E-state index in [0.717, 1.165) is 11.3 Å². The van der Waals surface area contributed by atoms with Gasteiger partial charge in [-0.2, -0.15) is 5.11 Å². The molecule has 0 saturated carbocycles. The van der Waals surface area contributed by atoms with Crippen LogP contribution in [0.4, 0.5) is 11.4 Å². The van der Waals surface area contributed by atoms with Crippen molar-refractivity contribution < 1.29 is 0 Å². The molecule has 5 heteroatoms. The standard InChI is InChI=1S/C62H57BN4/c1-59(2)25-27-61(5,6)50-32-38(19-22-48(50)59)37-21-24-54-45(29-37)47-30-40(39-20-23-49-51(33-39)62(7,8)28-26-60(49,3)4)34-52-58(47)67(54)55-35-41(43-16-11-14-36-13-9-10-15-42(36)43)31-46-44-17-12-18-53(66-64)57(44)65-63(52)56(46)55/h9-24,29-35,64-65H,25-28H2,1-8H3. The predicted molar refractivity (Wildman–Crippen MR) is 284 cm³/mol. The third kappa shape index (κ3) is 5.79. The van der Waals surface area contributed by atoms with Gasteiger partial charge >= 0.3 is 6.85 Å². The molecule has 8 aromatic carbocycles. The average molecular weight is 869 g/mol. The normalized spacial score (nSPS) is 17.6. The third-order valence-electron chi connectivity index (χ3n) is 17.1. The minimum Gasteiger partial charge on any atom is -0.418 e. The summed E-state index contributed by atoms with van der Waals surface area (Å²) in [5, 5.41) is 13.1. The van der Waals surface area contributed by atoms with Gasteiger partial charge in [-0.15, -0.1) is 0 Å². The second-order valence-electron chi connectivity index (χ2n) is 23.0. The molecule has 328 valence electrons. The zero-order chi connectivity index (χ0) is 45.9. The lowest BCUT2D eigenvalue weighted by Gasteiger charge is -2.42. The van der Waals surface area contributed by atoms with Crippen LogP contribution in [-0.2, 0) is 21.7 Å². The molecule has 4 nitrogen and oxygen atoms in total. The molecule has 2 aliphatic carbocycles. The second-order valence-corrected chi connectivity index (χ2v) is 23.0. The van der Waals surface area contributed by atoms with Gasteiger partial charge in [0, 0.05) is 22.0 Å². The fourth-order valence-electron chi connectivity index (χ4n) is 13.0. The Hall–Kier alpha value is -6.72. The van der Waals surface area contributed by atoms with Crippen molar-refractivity contribution in [2.24, 2.45) is 5.11 Å². The molecule has 0 radical (unpaired) electrons. The Morgan fingerprint density at radius 3 is 1.78 bits per heavy atom. The highest BCUT2D eigenvalue weighted by Crippen LogP contribution is 2.50. The highest BCUT2D eigenvalue weighted by atomic mass is 15.0. The zero-order valence-corrected chi connectivity index (χ0v) is 40.1. The first kappa shape index (κ1) is 40.6. The molecule has 9 aromatic rings. The minimum atomic E-state index is -0.167. The molecule has 2 aliphatic heterocycles. The average Bonchev–Trinajstić information content (AvgIpc) is 3.66. The number of benzene rings is 8. The zero-order valence-electron chi connectivity index (χ0n) is 40.1. The van der Waals surface area contributed by atoms with Crippen LogP contribution in [0, 0.1) is 5.53 Å². The van der Waals surface area contributed by atoms with Crippen LogP contribution in [0.25, 0.3) is 82.8 Å². The number of anilines is 1. The predicted octanol–water partition coefficient (Wildman–Crippen LogP) is 15.8. The monoisotopic (exact) mass is 868 g/mol. The molecule has 2 N–H and O–H groups in total. The smallest absolute Gasteiger partial charge is 0.325 e. The minimum absolute atomic E-state index is 0.0865. The Labute approximate surface area is 395 Å². The van der Waals surface area contributed by atoms with Crippen LogP contribution in [0.15, 0.2) is 145 Å². The van der Waals surface area contributed by atoms with E-state index in [1.807, 2.05) is 12.1 Å². The Bertz CT molecular complexity index is 3650. The molecular weight excluding hydrogens is 812 g/mol. The Kier molecular flexibility index (Phi) is 8.29. The number of hydrogen-bond donors (Lipinski definition) is 2. The summed E-state index contributed by atoms with van der Waals surface area (Å²) in [6.07, 6.45) is 4.75. The molecule has 0 unspecified atom stereocenters. The van der Waals surface area contributed by atoms with E-state index in [4.69, 9.17) is 5.53 Å². The van der Waals surface area contributed by atoms with Crippen LogP contribution in [0.5, 0.6) is 0 Å². The van der Waals surface area contributed by atoms with Crippen LogP contribution in [0.2, 0.25) is 0 Å². The van der Waals surface area contributed by atoms with Crippen LogP contribution < -0.4 is 16.2 Å². The lowest BCUT2D eigenvalue weighted by atomic mass is 9.45. The molecule has 0 saturated heterocycles. The van der Waals surface area contributed by atoms with E-state index in [2.05, 4.69) is 198 Å². The summed E-state index contributed by atoms with van der Waals surface area (Å²) in [5.74, 6) is 0. The fourth-order valence-corrected chi connectivity index (χ4v) is 13.0. The van der Waals surface area contributed by atoms with Gasteiger partial charge in [0.25, 0.3) is 0 Å². The second kappa shape index (κ2) is 13.7. The molecule has 1 aromatic heterocycles. The molecule has 4 aliphatic rings. The number of para-hydroxylation sites is 1. The highest BCUT2D eigenvalue weighted by molar-refractivity contribution is 6.92. The van der Waals surface area contributed by atoms with Crippen LogP contribution in [0.3, 0.4) is 0 Å². The first-order valence-corrected chi connectivity index (χ1v) is 24.5. The maximum absolute atomic E-state index is 8.37. The lowest BCUT2D eigenvalue weighted by Crippen LogP contribution is -2.56. The van der Waals surface area contributed by atoms with E-state index in [1.54, 1.807) is 0 Å². The van der Waals surface area contributed by atoms with Crippen molar-refractivity contribution in [1.82, 2.24) is 4.57 Å². The number of hydrogen-bond acceptors (Lipinski definition) is 3. The summed E-state index contributed by atoms with van der Waals surface area (Å²) in [7, 11) is 0. The number of rotatable bonds is 4. The van der Waals surface area contributed by atoms with E-state index in [1.165, 1.54) is 136 Å². The quantitative estimate of drug-likeness (QED) is 0.134. The fraction of sp³-hybridized carbons (Fsp3) is 0.258. The van der Waals surface area contributed by atoms with E-state index in [0.29, 0.717) is 5.69 Å². The largest absolute Gasteiger partial charge is 0.418 e. The SMILES string of the molecule is CC1(C)CCC(C)(C)c2cc(-c3ccc4c(c3)c3cc(-c5ccc6c(c5)C(C)(C)CCC6(C)C)cc5c3n4-c3cc(-c4cccc6ccccc46)cc4c3B5Nc3c(N=N)cccc3-4)ccc21. The molecule has 0 bridgehead atoms. The summed E-state index contributed by atoms with van der Waals surface area (Å²) in [5.41, 5.74) is 32.2. The molecule has 0 atom stereocenters. The molecule has 13 rings (SSSR count). The number of aromatic nitrogens is 1. The van der Waals surface area contributed by atoms with Crippen molar-refractivity contribution >= 4 is 61.7 Å². The summed E-state index contributed by atoms with van der Waals surface area (Å²) in [6, 6.07) is 53.3. The van der Waals surface area contributed by atoms with Gasteiger partial charge in [0.15, 0.2) is 0 Å². The molecule has 0 amide bonds. The van der Waals surface area contributed by atoms with E-state index < -0.39 is 0 Å². The Morgan fingerprint density at radius 2 is 1.07 bits per heavy atom. The molecule has 0 fully saturated rings. The summed E-state index contributed by atoms with van der Waals surface area (Å²) in [4.78, 5) is 0. The van der Waals surface area contributed by atoms with Crippen molar-refractivity contribution in [1.29, 1.82) is 5.53 Å². The van der Waals surface area contributed by atoms with Gasteiger partial charge in [-0.05, 0) is 167 Å². The topological polar surface area (TPSA) is 53.2 Å². The van der Waals surface area contributed by atoms with Gasteiger partial charge < -0.3 is 9.79 Å². The maximum Gasteiger partial charge on any atom is 0.325 e. The van der Waals surface area contributed by atoms with Crippen LogP contribution in [0.1, 0.15) is 103 Å². The van der Waals surface area contributed by atoms with Crippen LogP contribution >= 0.6 is 0 Å². The molecular formula is C62H57BN4. The van der Waals surface area contributed by atoms with Crippen molar-refractivity contribution in [2.75, 3.05) is 5.23 Å². The van der Waals surface area contributed by atoms with Crippen molar-refractivity contribution in [3.63, 3.8) is 0 Å². The van der Waals surface area contributed by atoms with E-state index in [9.17, 15) is 0 Å². The molecule has 67 heavy (non-hydrogen) atoms. The highest BCUT2D eigenvalue weighted by Gasteiger charge is 2.42. The Balaban J connectivity index is 1.12. The number of nitrogens with one attached hydrogen (secondary N) is 2. The maximum atomic E-state index is 8.37. The van der Waals surface area contributed by atoms with Crippen molar-refractivity contribution in [3.05, 3.63) is 162 Å². The van der Waals surface area contributed by atoms with Gasteiger partial charge in [-0.1, -0.05) is 159 Å². The van der Waals surface area contributed by atoms with Crippen LogP contribution in [-0.4, -0.2) is 11.4 Å². The summed E-state index contributed by atoms with van der Waals surface area (Å²) in [6.45, 7) is 19.2. The molecule has 3 heterocycles. The van der Waals surface area contributed by atoms with Crippen molar-refractivity contribution in [2.45, 2.75) is 103 Å². The van der Waals surface area contributed by atoms with E-state index in [-0.39, 0.29) is 28.5 Å². The summed E-state index contributed by atoms with van der Waals surface area (Å²) >= 11 is 0. The van der Waals surface area contributed by atoms with Gasteiger partial charge in [-0.3, -0.25) is 0 Å². The third-order valence-corrected chi connectivity index (χ3v) is 17.1. The van der Waals surface area contributed by atoms with E-state index >= 15 is 0 Å². The van der Waals surface area contributed by atoms with Gasteiger partial charge in [-0.25, -0.2) is 5.53 Å². The van der Waals surface area contributed by atoms with Gasteiger partial charge in [0.1, 0.15) is 5.69 Å². The first-order valence-electron chi connectivity index (χ1n) is 24.5. The van der Waals surface area contributed by atoms with Crippen molar-refractivity contribution in [3.8, 4) is 50.2 Å². The van der Waals surface area contributed by atoms with Gasteiger partial charge in [0.05, 0.1) is 16.7 Å². The first-order chi connectivity index (χ1) is 32.1. The molecule has 0 spiro atoms. The lowest BCUT2D eigenvalue weighted by molar-refractivity contribution is 0.332. The number of nitrogens with zero attached hydrogens (tertiary/aromatic N) is 2. The van der Waals surface area contributed by atoms with Gasteiger partial charge in [0.2, 0.25) is 0 Å². The number of fused-ring (bicyclic) bond motifs is 10. The summed E-state index contributed by atoms with van der Waals surface area (Å²) < 4.78 is 2.58. The Morgan fingerprint density at radius 1 is 0.493 bits per heavy atom.